The second-order valence-electron chi connectivity index (χ2n) is 8.54. The molecule has 0 radical (unpaired) electrons. The van der Waals surface area contributed by atoms with Crippen LogP contribution < -0.4 is 10.2 Å². The highest BCUT2D eigenvalue weighted by Crippen LogP contribution is 2.24. The lowest BCUT2D eigenvalue weighted by Crippen LogP contribution is -2.50. The first kappa shape index (κ1) is 22.0. The molecule has 0 saturated carbocycles. The van der Waals surface area contributed by atoms with Gasteiger partial charge in [0.15, 0.2) is 0 Å². The van der Waals surface area contributed by atoms with Gasteiger partial charge in [0.25, 0.3) is 5.91 Å². The first-order valence-electron chi connectivity index (χ1n) is 11.2. The molecule has 1 unspecified atom stereocenters. The average molecular weight is 435 g/mol. The molecule has 0 aromatic heterocycles. The lowest BCUT2D eigenvalue weighted by atomic mass is 10.1. The van der Waals surface area contributed by atoms with E-state index >= 15 is 0 Å². The van der Waals surface area contributed by atoms with Gasteiger partial charge in [-0.15, -0.1) is 0 Å². The summed E-state index contributed by atoms with van der Waals surface area (Å²) < 4.78 is 0. The second-order valence-corrected chi connectivity index (χ2v) is 8.54. The van der Waals surface area contributed by atoms with E-state index < -0.39 is 0 Å². The first-order valence-corrected chi connectivity index (χ1v) is 11.2. The Labute approximate surface area is 189 Å². The average Bonchev–Trinajstić information content (AvgIpc) is 3.21. The van der Waals surface area contributed by atoms with Crippen LogP contribution in [0.4, 0.5) is 5.69 Å². The predicted octanol–water partition coefficient (Wildman–Crippen LogP) is 1.92. The van der Waals surface area contributed by atoms with Crippen LogP contribution in [0.15, 0.2) is 54.6 Å². The summed E-state index contributed by atoms with van der Waals surface area (Å²) in [5.41, 5.74) is 2.66. The van der Waals surface area contributed by atoms with Crippen molar-refractivity contribution in [2.75, 3.05) is 50.7 Å². The summed E-state index contributed by atoms with van der Waals surface area (Å²) in [5, 5.41) is 2.99. The Morgan fingerprint density at radius 3 is 2.47 bits per heavy atom. The van der Waals surface area contributed by atoms with Gasteiger partial charge in [-0.25, -0.2) is 0 Å². The van der Waals surface area contributed by atoms with Crippen molar-refractivity contribution in [1.82, 2.24) is 15.1 Å². The lowest BCUT2D eigenvalue weighted by Gasteiger charge is -2.34. The third-order valence-corrected chi connectivity index (χ3v) is 6.22. The van der Waals surface area contributed by atoms with Crippen LogP contribution in [0.5, 0.6) is 0 Å². The molecule has 4 rings (SSSR count). The van der Waals surface area contributed by atoms with Gasteiger partial charge in [0, 0.05) is 63.5 Å². The van der Waals surface area contributed by atoms with Crippen molar-refractivity contribution < 1.29 is 14.4 Å². The van der Waals surface area contributed by atoms with Gasteiger partial charge in [0.1, 0.15) is 0 Å². The molecule has 0 bridgehead atoms. The van der Waals surface area contributed by atoms with Crippen molar-refractivity contribution in [3.8, 4) is 0 Å². The number of amides is 3. The minimum Gasteiger partial charge on any atom is -0.355 e. The molecule has 2 aliphatic heterocycles. The molecule has 2 aromatic rings. The van der Waals surface area contributed by atoms with E-state index in [1.54, 1.807) is 4.90 Å². The number of piperazine rings is 1. The summed E-state index contributed by atoms with van der Waals surface area (Å²) >= 11 is 0. The van der Waals surface area contributed by atoms with Crippen LogP contribution >= 0.6 is 0 Å². The Balaban J connectivity index is 1.18. The number of hydrogen-bond acceptors (Lipinski definition) is 4. The number of carbonyl (C=O) groups is 3. The largest absolute Gasteiger partial charge is 0.355 e. The maximum Gasteiger partial charge on any atom is 0.253 e. The Bertz CT molecular complexity index is 970. The molecule has 168 valence electrons. The summed E-state index contributed by atoms with van der Waals surface area (Å²) in [7, 11) is 0. The normalized spacial score (nSPS) is 19.3. The number of aryl methyl sites for hydroxylation is 1. The minimum absolute atomic E-state index is 0.00857. The molecule has 1 N–H and O–H groups in total. The maximum atomic E-state index is 12.7. The summed E-state index contributed by atoms with van der Waals surface area (Å²) in [4.78, 5) is 43.4. The van der Waals surface area contributed by atoms with Gasteiger partial charge >= 0.3 is 0 Å². The number of nitrogens with one attached hydrogen (secondary N) is 1. The van der Waals surface area contributed by atoms with E-state index in [0.717, 1.165) is 36.4 Å². The van der Waals surface area contributed by atoms with Crippen molar-refractivity contribution in [1.29, 1.82) is 0 Å². The van der Waals surface area contributed by atoms with Crippen molar-refractivity contribution in [3.05, 3.63) is 65.7 Å². The Morgan fingerprint density at radius 1 is 1.00 bits per heavy atom. The van der Waals surface area contributed by atoms with Crippen molar-refractivity contribution in [2.24, 2.45) is 5.92 Å². The summed E-state index contributed by atoms with van der Waals surface area (Å²) in [6, 6.07) is 17.2. The van der Waals surface area contributed by atoms with Gasteiger partial charge in [0.2, 0.25) is 11.8 Å². The molecule has 32 heavy (non-hydrogen) atoms. The van der Waals surface area contributed by atoms with Gasteiger partial charge in [-0.1, -0.05) is 35.9 Å². The first-order chi connectivity index (χ1) is 15.5. The summed E-state index contributed by atoms with van der Waals surface area (Å²) in [6.07, 6.45) is 0.250. The summed E-state index contributed by atoms with van der Waals surface area (Å²) in [5.74, 6) is -0.308. The van der Waals surface area contributed by atoms with E-state index in [9.17, 15) is 14.4 Å². The molecule has 1 atom stereocenters. The molecule has 2 fully saturated rings. The molecule has 7 heteroatoms. The van der Waals surface area contributed by atoms with Gasteiger partial charge in [0.05, 0.1) is 5.92 Å². The van der Waals surface area contributed by atoms with E-state index in [4.69, 9.17) is 0 Å². The standard InChI is InChI=1S/C25H30N4O3/c1-19-6-5-7-20(16-19)25(32)28-14-12-27(13-15-28)11-10-26-24(31)21-17-23(30)29(18-21)22-8-3-2-4-9-22/h2-9,16,21H,10-15,17-18H2,1H3,(H,26,31). The number of nitrogens with zero attached hydrogens (tertiary/aromatic N) is 3. The van der Waals surface area contributed by atoms with E-state index in [1.807, 2.05) is 66.4 Å². The molecule has 3 amide bonds. The number of benzene rings is 2. The van der Waals surface area contributed by atoms with Crippen molar-refractivity contribution in [2.45, 2.75) is 13.3 Å². The number of anilines is 1. The van der Waals surface area contributed by atoms with Gasteiger partial charge < -0.3 is 15.1 Å². The van der Waals surface area contributed by atoms with Gasteiger partial charge in [-0.2, -0.15) is 0 Å². The smallest absolute Gasteiger partial charge is 0.253 e. The van der Waals surface area contributed by atoms with Crippen LogP contribution in [0.25, 0.3) is 0 Å². The molecule has 2 saturated heterocycles. The SMILES string of the molecule is Cc1cccc(C(=O)N2CCN(CCNC(=O)C3CC(=O)N(c4ccccc4)C3)CC2)c1. The third kappa shape index (κ3) is 5.16. The monoisotopic (exact) mass is 434 g/mol. The van der Waals surface area contributed by atoms with Crippen LogP contribution in [-0.2, 0) is 9.59 Å². The molecule has 2 aromatic carbocycles. The molecule has 7 nitrogen and oxygen atoms in total. The zero-order valence-corrected chi connectivity index (χ0v) is 18.5. The van der Waals surface area contributed by atoms with Crippen LogP contribution in [0, 0.1) is 12.8 Å². The topological polar surface area (TPSA) is 73.0 Å². The minimum atomic E-state index is -0.313. The Morgan fingerprint density at radius 2 is 1.75 bits per heavy atom. The Kier molecular flexibility index (Phi) is 6.85. The highest BCUT2D eigenvalue weighted by Gasteiger charge is 2.35. The van der Waals surface area contributed by atoms with Crippen molar-refractivity contribution in [3.63, 3.8) is 0 Å². The zero-order chi connectivity index (χ0) is 22.5. The van der Waals surface area contributed by atoms with Gasteiger partial charge in [-0.3, -0.25) is 19.3 Å². The third-order valence-electron chi connectivity index (χ3n) is 6.22. The number of carbonyl (C=O) groups excluding carboxylic acids is 3. The fourth-order valence-electron chi connectivity index (χ4n) is 4.36. The quantitative estimate of drug-likeness (QED) is 0.754. The molecule has 0 spiro atoms. The molecule has 2 aliphatic rings. The molecular weight excluding hydrogens is 404 g/mol. The predicted molar refractivity (Wildman–Crippen MR) is 123 cm³/mol. The van der Waals surface area contributed by atoms with E-state index in [-0.39, 0.29) is 30.1 Å². The maximum absolute atomic E-state index is 12.7. The number of rotatable bonds is 6. The van der Waals surface area contributed by atoms with Crippen LogP contribution in [0.1, 0.15) is 22.3 Å². The van der Waals surface area contributed by atoms with Crippen LogP contribution in [0.2, 0.25) is 0 Å². The summed E-state index contributed by atoms with van der Waals surface area (Å²) in [6.45, 7) is 6.64. The van der Waals surface area contributed by atoms with Crippen LogP contribution in [-0.4, -0.2) is 73.3 Å². The fraction of sp³-hybridized carbons (Fsp3) is 0.400. The van der Waals surface area contributed by atoms with E-state index in [2.05, 4.69) is 10.2 Å². The highest BCUT2D eigenvalue weighted by atomic mass is 16.2. The van der Waals surface area contributed by atoms with Crippen molar-refractivity contribution >= 4 is 23.4 Å². The molecule has 2 heterocycles. The fourth-order valence-corrected chi connectivity index (χ4v) is 4.36. The number of hydrogen-bond donors (Lipinski definition) is 1. The highest BCUT2D eigenvalue weighted by molar-refractivity contribution is 6.00. The Hall–Kier alpha value is -3.19. The van der Waals surface area contributed by atoms with Gasteiger partial charge in [-0.05, 0) is 31.2 Å². The van der Waals surface area contributed by atoms with E-state index in [0.29, 0.717) is 26.2 Å². The zero-order valence-electron chi connectivity index (χ0n) is 18.5. The molecule has 0 aliphatic carbocycles. The van der Waals surface area contributed by atoms with E-state index in [1.165, 1.54) is 0 Å². The molecular formula is C25H30N4O3. The van der Waals surface area contributed by atoms with Crippen LogP contribution in [0.3, 0.4) is 0 Å². The second kappa shape index (κ2) is 9.96. The number of para-hydroxylation sites is 1. The lowest BCUT2D eigenvalue weighted by molar-refractivity contribution is -0.126.